The molecule has 1 amide bonds. The number of esters is 1. The van der Waals surface area contributed by atoms with Crippen molar-refractivity contribution in [1.29, 1.82) is 0 Å². The van der Waals surface area contributed by atoms with Crippen molar-refractivity contribution in [2.24, 2.45) is 0 Å². The van der Waals surface area contributed by atoms with E-state index in [0.29, 0.717) is 6.61 Å². The van der Waals surface area contributed by atoms with Crippen molar-refractivity contribution in [1.82, 2.24) is 5.32 Å². The summed E-state index contributed by atoms with van der Waals surface area (Å²) < 4.78 is 9.91. The van der Waals surface area contributed by atoms with Crippen LogP contribution in [0.15, 0.2) is 0 Å². The Morgan fingerprint density at radius 3 is 1.65 bits per heavy atom. The molecule has 0 heterocycles. The Kier molecular flexibility index (Phi) is 17.6. The van der Waals surface area contributed by atoms with Crippen LogP contribution in [0.2, 0.25) is 0 Å². The van der Waals surface area contributed by atoms with Crippen LogP contribution in [0, 0.1) is 0 Å². The van der Waals surface area contributed by atoms with Gasteiger partial charge in [0.15, 0.2) is 0 Å². The maximum Gasteiger partial charge on any atom is 0.407 e. The SMILES string of the molecule is CCCCCCCCCCCCCCCOC(=O)[C@H](C)NC(=O)OCC. The van der Waals surface area contributed by atoms with Crippen molar-refractivity contribution in [3.8, 4) is 0 Å². The quantitative estimate of drug-likeness (QED) is 0.261. The Bertz CT molecular complexity index is 347. The molecule has 0 saturated heterocycles. The normalized spacial score (nSPS) is 11.8. The average molecular weight is 372 g/mol. The van der Waals surface area contributed by atoms with Crippen molar-refractivity contribution in [3.63, 3.8) is 0 Å². The summed E-state index contributed by atoms with van der Waals surface area (Å²) in [5, 5.41) is 2.44. The topological polar surface area (TPSA) is 64.6 Å². The van der Waals surface area contributed by atoms with E-state index in [1.807, 2.05) is 0 Å². The zero-order valence-electron chi connectivity index (χ0n) is 17.3. The fourth-order valence-electron chi connectivity index (χ4n) is 2.83. The third kappa shape index (κ3) is 16.2. The van der Waals surface area contributed by atoms with Crippen molar-refractivity contribution in [2.45, 2.75) is 110 Å². The second-order valence-corrected chi connectivity index (χ2v) is 7.00. The first kappa shape index (κ1) is 24.7. The minimum Gasteiger partial charge on any atom is -0.464 e. The summed E-state index contributed by atoms with van der Waals surface area (Å²) in [5.74, 6) is -0.406. The Morgan fingerprint density at radius 1 is 0.731 bits per heavy atom. The molecule has 0 fully saturated rings. The Hall–Kier alpha value is -1.26. The second kappa shape index (κ2) is 18.5. The predicted octanol–water partition coefficient (Wildman–Crippen LogP) is 5.76. The molecule has 26 heavy (non-hydrogen) atoms. The van der Waals surface area contributed by atoms with Gasteiger partial charge in [0.2, 0.25) is 0 Å². The zero-order valence-corrected chi connectivity index (χ0v) is 17.3. The number of unbranched alkanes of at least 4 members (excludes halogenated alkanes) is 12. The van der Waals surface area contributed by atoms with Crippen molar-refractivity contribution in [2.75, 3.05) is 13.2 Å². The maximum absolute atomic E-state index is 11.7. The number of amides is 1. The van der Waals surface area contributed by atoms with Crippen LogP contribution in [-0.2, 0) is 14.3 Å². The first-order chi connectivity index (χ1) is 12.6. The smallest absolute Gasteiger partial charge is 0.407 e. The molecule has 0 unspecified atom stereocenters. The lowest BCUT2D eigenvalue weighted by Gasteiger charge is -2.13. The molecule has 5 nitrogen and oxygen atoms in total. The van der Waals surface area contributed by atoms with E-state index in [0.717, 1.165) is 12.8 Å². The number of ether oxygens (including phenoxy) is 2. The third-order valence-electron chi connectivity index (χ3n) is 4.46. The number of rotatable bonds is 17. The monoisotopic (exact) mass is 371 g/mol. The molecular formula is C21H41NO4. The van der Waals surface area contributed by atoms with Crippen LogP contribution in [0.4, 0.5) is 4.79 Å². The predicted molar refractivity (Wildman–Crippen MR) is 106 cm³/mol. The Labute approximate surface area is 160 Å². The lowest BCUT2D eigenvalue weighted by atomic mass is 10.0. The molecule has 0 saturated carbocycles. The molecule has 0 aliphatic heterocycles. The van der Waals surface area contributed by atoms with Crippen molar-refractivity contribution >= 4 is 12.1 Å². The largest absolute Gasteiger partial charge is 0.464 e. The minimum absolute atomic E-state index is 0.284. The van der Waals surface area contributed by atoms with Gasteiger partial charge in [-0.1, -0.05) is 84.0 Å². The second-order valence-electron chi connectivity index (χ2n) is 7.00. The molecule has 0 spiro atoms. The lowest BCUT2D eigenvalue weighted by Crippen LogP contribution is -2.39. The summed E-state index contributed by atoms with van der Waals surface area (Å²) in [6.45, 7) is 6.28. The van der Waals surface area contributed by atoms with Crippen LogP contribution in [0.1, 0.15) is 104 Å². The fourth-order valence-corrected chi connectivity index (χ4v) is 2.83. The van der Waals surface area contributed by atoms with Gasteiger partial charge in [0, 0.05) is 0 Å². The molecule has 0 bridgehead atoms. The Balaban J connectivity index is 3.32. The standard InChI is InChI=1S/C21H41NO4/c1-4-6-7-8-9-10-11-12-13-14-15-16-17-18-26-20(23)19(3)22-21(24)25-5-2/h19H,4-18H2,1-3H3,(H,22,24)/t19-/m0/s1. The number of hydrogen-bond donors (Lipinski definition) is 1. The van der Waals surface area contributed by atoms with Gasteiger partial charge in [-0.15, -0.1) is 0 Å². The highest BCUT2D eigenvalue weighted by molar-refractivity contribution is 5.80. The van der Waals surface area contributed by atoms with E-state index in [9.17, 15) is 9.59 Å². The molecule has 5 heteroatoms. The van der Waals surface area contributed by atoms with Crippen LogP contribution in [0.25, 0.3) is 0 Å². The summed E-state index contributed by atoms with van der Waals surface area (Å²) in [5.41, 5.74) is 0. The van der Waals surface area contributed by atoms with Gasteiger partial charge in [-0.25, -0.2) is 9.59 Å². The maximum atomic E-state index is 11.7. The highest BCUT2D eigenvalue weighted by Crippen LogP contribution is 2.12. The van der Waals surface area contributed by atoms with Crippen LogP contribution in [0.3, 0.4) is 0 Å². The molecule has 0 rings (SSSR count). The molecule has 0 aromatic carbocycles. The third-order valence-corrected chi connectivity index (χ3v) is 4.46. The summed E-state index contributed by atoms with van der Waals surface area (Å²) in [6, 6.07) is -0.670. The molecular weight excluding hydrogens is 330 g/mol. The molecule has 0 radical (unpaired) electrons. The molecule has 1 atom stereocenters. The van der Waals surface area contributed by atoms with E-state index in [1.54, 1.807) is 13.8 Å². The van der Waals surface area contributed by atoms with Crippen LogP contribution >= 0.6 is 0 Å². The molecule has 0 aliphatic rings. The van der Waals surface area contributed by atoms with E-state index in [2.05, 4.69) is 12.2 Å². The van der Waals surface area contributed by atoms with Gasteiger partial charge >= 0.3 is 12.1 Å². The van der Waals surface area contributed by atoms with Gasteiger partial charge in [0.1, 0.15) is 6.04 Å². The van der Waals surface area contributed by atoms with E-state index < -0.39 is 18.1 Å². The van der Waals surface area contributed by atoms with Crippen LogP contribution in [0.5, 0.6) is 0 Å². The van der Waals surface area contributed by atoms with Gasteiger partial charge < -0.3 is 14.8 Å². The fraction of sp³-hybridized carbons (Fsp3) is 0.905. The number of carbonyl (C=O) groups excluding carboxylic acids is 2. The molecule has 154 valence electrons. The van der Waals surface area contributed by atoms with Gasteiger partial charge in [-0.2, -0.15) is 0 Å². The number of carbonyl (C=O) groups is 2. The highest BCUT2D eigenvalue weighted by atomic mass is 16.6. The minimum atomic E-state index is -0.670. The zero-order chi connectivity index (χ0) is 19.5. The van der Waals surface area contributed by atoms with E-state index in [-0.39, 0.29) is 6.61 Å². The molecule has 0 aliphatic carbocycles. The van der Waals surface area contributed by atoms with Crippen LogP contribution in [-0.4, -0.2) is 31.3 Å². The number of hydrogen-bond acceptors (Lipinski definition) is 4. The Morgan fingerprint density at radius 2 is 1.19 bits per heavy atom. The van der Waals surface area contributed by atoms with Crippen molar-refractivity contribution in [3.05, 3.63) is 0 Å². The van der Waals surface area contributed by atoms with E-state index in [1.165, 1.54) is 70.6 Å². The molecule has 1 N–H and O–H groups in total. The van der Waals surface area contributed by atoms with Crippen molar-refractivity contribution < 1.29 is 19.1 Å². The number of alkyl carbamates (subject to hydrolysis) is 1. The average Bonchev–Trinajstić information content (AvgIpc) is 2.61. The summed E-state index contributed by atoms with van der Waals surface area (Å²) in [4.78, 5) is 22.9. The highest BCUT2D eigenvalue weighted by Gasteiger charge is 2.17. The van der Waals surface area contributed by atoms with Gasteiger partial charge in [0.25, 0.3) is 0 Å². The summed E-state index contributed by atoms with van der Waals surface area (Å²) in [6.07, 6.45) is 16.2. The molecule has 0 aromatic heterocycles. The van der Waals surface area contributed by atoms with E-state index in [4.69, 9.17) is 9.47 Å². The van der Waals surface area contributed by atoms with Gasteiger partial charge in [0.05, 0.1) is 13.2 Å². The molecule has 0 aromatic rings. The van der Waals surface area contributed by atoms with Gasteiger partial charge in [-0.05, 0) is 20.3 Å². The van der Waals surface area contributed by atoms with E-state index >= 15 is 0 Å². The van der Waals surface area contributed by atoms with Gasteiger partial charge in [-0.3, -0.25) is 0 Å². The lowest BCUT2D eigenvalue weighted by molar-refractivity contribution is -0.145. The summed E-state index contributed by atoms with van der Waals surface area (Å²) in [7, 11) is 0. The first-order valence-corrected chi connectivity index (χ1v) is 10.7. The first-order valence-electron chi connectivity index (χ1n) is 10.7. The van der Waals surface area contributed by atoms with Crippen LogP contribution < -0.4 is 5.32 Å². The number of nitrogens with one attached hydrogen (secondary N) is 1. The summed E-state index contributed by atoms with van der Waals surface area (Å²) >= 11 is 0.